The molecule has 2 aliphatic rings. The van der Waals surface area contributed by atoms with E-state index in [-0.39, 0.29) is 23.8 Å². The maximum absolute atomic E-state index is 12.7. The number of nitriles is 1. The van der Waals surface area contributed by atoms with E-state index < -0.39 is 0 Å². The lowest BCUT2D eigenvalue weighted by molar-refractivity contribution is -0.130. The molecule has 35 heavy (non-hydrogen) atoms. The number of likely N-dealkylation sites (tertiary alicyclic amines) is 1. The van der Waals surface area contributed by atoms with Gasteiger partial charge in [0.2, 0.25) is 5.91 Å². The number of amides is 3. The number of rotatable bonds is 5. The maximum Gasteiger partial charge on any atom is 0.270 e. The molecule has 0 spiro atoms. The molecule has 0 atom stereocenters. The van der Waals surface area contributed by atoms with Gasteiger partial charge in [0.15, 0.2) is 0 Å². The van der Waals surface area contributed by atoms with Crippen molar-refractivity contribution >= 4 is 17.7 Å². The van der Waals surface area contributed by atoms with Crippen LogP contribution in [0.4, 0.5) is 0 Å². The molecule has 182 valence electrons. The van der Waals surface area contributed by atoms with Crippen molar-refractivity contribution < 1.29 is 14.4 Å². The summed E-state index contributed by atoms with van der Waals surface area (Å²) in [6, 6.07) is 13.1. The minimum atomic E-state index is -0.232. The van der Waals surface area contributed by atoms with E-state index in [9.17, 15) is 14.4 Å². The second-order valence-electron chi connectivity index (χ2n) is 9.06. The van der Waals surface area contributed by atoms with Crippen molar-refractivity contribution in [1.29, 1.82) is 5.26 Å². The molecule has 3 amide bonds. The van der Waals surface area contributed by atoms with Gasteiger partial charge in [0.05, 0.1) is 17.2 Å². The highest BCUT2D eigenvalue weighted by Crippen LogP contribution is 2.15. The van der Waals surface area contributed by atoms with Crippen LogP contribution in [0.2, 0.25) is 0 Å². The second-order valence-corrected chi connectivity index (χ2v) is 9.06. The first-order chi connectivity index (χ1) is 16.9. The topological polar surface area (TPSA) is 110 Å². The van der Waals surface area contributed by atoms with Crippen LogP contribution in [0.3, 0.4) is 0 Å². The van der Waals surface area contributed by atoms with Gasteiger partial charge in [-0.2, -0.15) is 5.26 Å². The van der Waals surface area contributed by atoms with Gasteiger partial charge in [-0.05, 0) is 42.7 Å². The van der Waals surface area contributed by atoms with Crippen LogP contribution < -0.4 is 5.32 Å². The number of benzene rings is 1. The summed E-state index contributed by atoms with van der Waals surface area (Å²) in [7, 11) is 0. The van der Waals surface area contributed by atoms with Crippen LogP contribution in [0.5, 0.6) is 0 Å². The van der Waals surface area contributed by atoms with E-state index in [0.29, 0.717) is 43.0 Å². The summed E-state index contributed by atoms with van der Waals surface area (Å²) < 4.78 is 0. The number of carbonyl (C=O) groups is 3. The second kappa shape index (κ2) is 11.1. The van der Waals surface area contributed by atoms with Gasteiger partial charge in [0, 0.05) is 65.0 Å². The Labute approximate surface area is 205 Å². The van der Waals surface area contributed by atoms with Crippen molar-refractivity contribution in [3.8, 4) is 6.07 Å². The number of pyridine rings is 1. The third kappa shape index (κ3) is 6.22. The fraction of sp³-hybridized carbons (Fsp3) is 0.423. The molecule has 2 aliphatic heterocycles. The van der Waals surface area contributed by atoms with Gasteiger partial charge in [-0.3, -0.25) is 24.3 Å². The lowest BCUT2D eigenvalue weighted by atomic mass is 10.0. The zero-order valence-electron chi connectivity index (χ0n) is 19.9. The van der Waals surface area contributed by atoms with Gasteiger partial charge in [-0.1, -0.05) is 12.1 Å². The van der Waals surface area contributed by atoms with Gasteiger partial charge in [0.25, 0.3) is 11.8 Å². The Kier molecular flexibility index (Phi) is 7.73. The average molecular weight is 475 g/mol. The largest absolute Gasteiger partial charge is 0.348 e. The Morgan fingerprint density at radius 3 is 2.20 bits per heavy atom. The molecular formula is C26H30N6O3. The molecule has 0 unspecified atom stereocenters. The van der Waals surface area contributed by atoms with Crippen LogP contribution in [0.1, 0.15) is 51.7 Å². The highest BCUT2D eigenvalue weighted by atomic mass is 16.2. The van der Waals surface area contributed by atoms with E-state index in [0.717, 1.165) is 32.5 Å². The minimum Gasteiger partial charge on any atom is -0.348 e. The number of aromatic nitrogens is 1. The molecule has 1 aromatic heterocycles. The van der Waals surface area contributed by atoms with E-state index in [2.05, 4.69) is 21.3 Å². The fourth-order valence-corrected chi connectivity index (χ4v) is 4.50. The van der Waals surface area contributed by atoms with Gasteiger partial charge in [-0.15, -0.1) is 0 Å². The number of nitrogens with zero attached hydrogens (tertiary/aromatic N) is 5. The molecule has 9 nitrogen and oxygen atoms in total. The SMILES string of the molecule is CC(=O)N1CCN(C(=O)c2ccc(C(=O)NC3CCN(Cc4ccc(C#N)cc4)CC3)nc2)CC1. The van der Waals surface area contributed by atoms with Crippen LogP contribution in [-0.4, -0.2) is 82.7 Å². The van der Waals surface area contributed by atoms with Crippen LogP contribution >= 0.6 is 0 Å². The van der Waals surface area contributed by atoms with E-state index >= 15 is 0 Å². The number of piperidine rings is 1. The standard InChI is InChI=1S/C26H30N6O3/c1-19(33)31-12-14-32(15-13-31)26(35)22-6-7-24(28-17-22)25(34)29-23-8-10-30(11-9-23)18-21-4-2-20(16-27)3-5-21/h2-7,17,23H,8-15,18H2,1H3,(H,29,34). The van der Waals surface area contributed by atoms with Gasteiger partial charge >= 0.3 is 0 Å². The van der Waals surface area contributed by atoms with E-state index in [1.807, 2.05) is 24.3 Å². The van der Waals surface area contributed by atoms with Crippen molar-refractivity contribution in [3.05, 3.63) is 65.0 Å². The number of hydrogen-bond donors (Lipinski definition) is 1. The molecule has 9 heteroatoms. The summed E-state index contributed by atoms with van der Waals surface area (Å²) >= 11 is 0. The van der Waals surface area contributed by atoms with Gasteiger partial charge in [0.1, 0.15) is 5.69 Å². The van der Waals surface area contributed by atoms with Crippen molar-refractivity contribution in [3.63, 3.8) is 0 Å². The molecule has 0 bridgehead atoms. The Morgan fingerprint density at radius 2 is 1.63 bits per heavy atom. The third-order valence-corrected chi connectivity index (χ3v) is 6.67. The molecule has 1 aromatic carbocycles. The summed E-state index contributed by atoms with van der Waals surface area (Å²) in [4.78, 5) is 46.9. The van der Waals surface area contributed by atoms with E-state index in [4.69, 9.17) is 5.26 Å². The Hall–Kier alpha value is -3.77. The quantitative estimate of drug-likeness (QED) is 0.706. The molecule has 0 radical (unpaired) electrons. The van der Waals surface area contributed by atoms with Gasteiger partial charge in [-0.25, -0.2) is 0 Å². The number of carbonyl (C=O) groups excluding carboxylic acids is 3. The zero-order valence-corrected chi connectivity index (χ0v) is 19.9. The summed E-state index contributed by atoms with van der Waals surface area (Å²) in [5, 5.41) is 12.0. The summed E-state index contributed by atoms with van der Waals surface area (Å²) in [5.41, 5.74) is 2.57. The predicted molar refractivity (Wildman–Crippen MR) is 129 cm³/mol. The number of hydrogen-bond acceptors (Lipinski definition) is 6. The van der Waals surface area contributed by atoms with Crippen molar-refractivity contribution in [1.82, 2.24) is 25.0 Å². The summed E-state index contributed by atoms with van der Waals surface area (Å²) in [6.07, 6.45) is 3.16. The first kappa shape index (κ1) is 24.4. The van der Waals surface area contributed by atoms with E-state index in [1.54, 1.807) is 21.9 Å². The van der Waals surface area contributed by atoms with Crippen LogP contribution in [-0.2, 0) is 11.3 Å². The Bertz CT molecular complexity index is 1090. The van der Waals surface area contributed by atoms with Crippen LogP contribution in [0.15, 0.2) is 42.6 Å². The Balaban J connectivity index is 1.23. The molecular weight excluding hydrogens is 444 g/mol. The fourth-order valence-electron chi connectivity index (χ4n) is 4.50. The highest BCUT2D eigenvalue weighted by molar-refractivity contribution is 5.96. The van der Waals surface area contributed by atoms with Crippen molar-refractivity contribution in [2.24, 2.45) is 0 Å². The first-order valence-electron chi connectivity index (χ1n) is 12.0. The monoisotopic (exact) mass is 474 g/mol. The normalized spacial score (nSPS) is 17.0. The minimum absolute atomic E-state index is 0.0195. The van der Waals surface area contributed by atoms with Crippen molar-refractivity contribution in [2.45, 2.75) is 32.4 Å². The van der Waals surface area contributed by atoms with Crippen LogP contribution in [0, 0.1) is 11.3 Å². The molecule has 2 aromatic rings. The predicted octanol–water partition coefficient (Wildman–Crippen LogP) is 1.65. The molecule has 2 fully saturated rings. The highest BCUT2D eigenvalue weighted by Gasteiger charge is 2.25. The molecule has 0 aliphatic carbocycles. The molecule has 3 heterocycles. The molecule has 0 saturated carbocycles. The van der Waals surface area contributed by atoms with Crippen LogP contribution in [0.25, 0.3) is 0 Å². The average Bonchev–Trinajstić information content (AvgIpc) is 2.90. The lowest BCUT2D eigenvalue weighted by Crippen LogP contribution is -2.50. The molecule has 4 rings (SSSR count). The van der Waals surface area contributed by atoms with E-state index in [1.165, 1.54) is 18.7 Å². The maximum atomic E-state index is 12.7. The number of piperazine rings is 1. The number of nitrogens with one attached hydrogen (secondary N) is 1. The van der Waals surface area contributed by atoms with Crippen molar-refractivity contribution in [2.75, 3.05) is 39.3 Å². The smallest absolute Gasteiger partial charge is 0.270 e. The molecule has 1 N–H and O–H groups in total. The first-order valence-corrected chi connectivity index (χ1v) is 12.0. The zero-order chi connectivity index (χ0) is 24.8. The molecule has 2 saturated heterocycles. The summed E-state index contributed by atoms with van der Waals surface area (Å²) in [6.45, 7) is 6.15. The summed E-state index contributed by atoms with van der Waals surface area (Å²) in [5.74, 6) is -0.349. The van der Waals surface area contributed by atoms with Gasteiger partial charge < -0.3 is 15.1 Å². The lowest BCUT2D eigenvalue weighted by Gasteiger charge is -2.34. The Morgan fingerprint density at radius 1 is 0.971 bits per heavy atom. The third-order valence-electron chi connectivity index (χ3n) is 6.67.